The molecule has 1 saturated heterocycles. The van der Waals surface area contributed by atoms with Crippen LogP contribution in [0.4, 0.5) is 4.39 Å². The number of carbonyl (C=O) groups is 1. The van der Waals surface area contributed by atoms with E-state index in [1.165, 1.54) is 12.1 Å². The van der Waals surface area contributed by atoms with Crippen molar-refractivity contribution in [2.24, 2.45) is 5.92 Å². The number of hydrogen-bond acceptors (Lipinski definition) is 3. The molecule has 5 heteroatoms. The molecule has 1 aliphatic heterocycles. The molecule has 4 nitrogen and oxygen atoms in total. The fraction of sp³-hybridized carbons (Fsp3) is 0.533. The van der Waals surface area contributed by atoms with Crippen LogP contribution in [-0.2, 0) is 4.79 Å². The topological polar surface area (TPSA) is 61.4 Å². The van der Waals surface area contributed by atoms with Crippen LogP contribution < -0.4 is 10.6 Å². The third-order valence-corrected chi connectivity index (χ3v) is 3.58. The van der Waals surface area contributed by atoms with Crippen LogP contribution in [0, 0.1) is 11.7 Å². The average Bonchev–Trinajstić information content (AvgIpc) is 2.34. The first-order chi connectivity index (χ1) is 9.54. The highest BCUT2D eigenvalue weighted by atomic mass is 19.1. The summed E-state index contributed by atoms with van der Waals surface area (Å²) < 4.78 is 12.8. The van der Waals surface area contributed by atoms with Crippen molar-refractivity contribution in [2.75, 3.05) is 13.1 Å². The van der Waals surface area contributed by atoms with Gasteiger partial charge >= 0.3 is 0 Å². The maximum Gasteiger partial charge on any atom is 0.220 e. The monoisotopic (exact) mass is 280 g/mol. The lowest BCUT2D eigenvalue weighted by Gasteiger charge is -2.27. The predicted molar refractivity (Wildman–Crippen MR) is 74.6 cm³/mol. The number of aliphatic hydroxyl groups is 1. The third kappa shape index (κ3) is 4.28. The molecule has 1 aliphatic rings. The smallest absolute Gasteiger partial charge is 0.220 e. The van der Waals surface area contributed by atoms with Crippen LogP contribution >= 0.6 is 0 Å². The molecule has 0 bridgehead atoms. The fourth-order valence-corrected chi connectivity index (χ4v) is 2.30. The van der Waals surface area contributed by atoms with Gasteiger partial charge in [-0.15, -0.1) is 0 Å². The zero-order chi connectivity index (χ0) is 14.5. The molecule has 1 heterocycles. The van der Waals surface area contributed by atoms with E-state index in [4.69, 9.17) is 0 Å². The molecule has 0 aromatic heterocycles. The van der Waals surface area contributed by atoms with E-state index in [9.17, 15) is 14.3 Å². The van der Waals surface area contributed by atoms with E-state index in [-0.39, 0.29) is 17.8 Å². The second kappa shape index (κ2) is 6.81. The van der Waals surface area contributed by atoms with Crippen molar-refractivity contribution in [1.29, 1.82) is 0 Å². The second-order valence-corrected chi connectivity index (χ2v) is 5.50. The lowest BCUT2D eigenvalue weighted by Crippen LogP contribution is -2.45. The molecule has 1 amide bonds. The number of amides is 1. The molecular formula is C15H21FN2O2. The van der Waals surface area contributed by atoms with E-state index in [0.29, 0.717) is 24.3 Å². The van der Waals surface area contributed by atoms with Gasteiger partial charge in [0, 0.05) is 12.5 Å². The van der Waals surface area contributed by atoms with Crippen LogP contribution in [0.2, 0.25) is 0 Å². The van der Waals surface area contributed by atoms with E-state index in [1.54, 1.807) is 12.1 Å². The Morgan fingerprint density at radius 1 is 1.45 bits per heavy atom. The third-order valence-electron chi connectivity index (χ3n) is 3.58. The van der Waals surface area contributed by atoms with Crippen molar-refractivity contribution in [3.05, 3.63) is 35.6 Å². The van der Waals surface area contributed by atoms with Gasteiger partial charge in [0.05, 0.1) is 6.10 Å². The number of hydrogen-bond donors (Lipinski definition) is 3. The lowest BCUT2D eigenvalue weighted by atomic mass is 9.98. The Labute approximate surface area is 118 Å². The quantitative estimate of drug-likeness (QED) is 0.737. The SMILES string of the molecule is CC(CC(O)c1ccc(F)cc1)NC(=O)CC1CNC1. The van der Waals surface area contributed by atoms with Crippen LogP contribution in [0.5, 0.6) is 0 Å². The van der Waals surface area contributed by atoms with Gasteiger partial charge in [0.25, 0.3) is 0 Å². The number of benzene rings is 1. The van der Waals surface area contributed by atoms with Gasteiger partial charge in [-0.2, -0.15) is 0 Å². The van der Waals surface area contributed by atoms with Crippen LogP contribution in [0.25, 0.3) is 0 Å². The highest BCUT2D eigenvalue weighted by molar-refractivity contribution is 5.76. The molecule has 0 radical (unpaired) electrons. The Kier molecular flexibility index (Phi) is 5.09. The molecule has 1 aromatic carbocycles. The standard InChI is InChI=1S/C15H21FN2O2/c1-10(18-15(20)7-11-8-17-9-11)6-14(19)12-2-4-13(16)5-3-12/h2-5,10-11,14,17,19H,6-9H2,1H3,(H,18,20). The van der Waals surface area contributed by atoms with Gasteiger partial charge in [-0.05, 0) is 50.0 Å². The fourth-order valence-electron chi connectivity index (χ4n) is 2.30. The van der Waals surface area contributed by atoms with Gasteiger partial charge in [-0.3, -0.25) is 4.79 Å². The maximum absolute atomic E-state index is 12.8. The Hall–Kier alpha value is -1.46. The van der Waals surface area contributed by atoms with E-state index >= 15 is 0 Å². The lowest BCUT2D eigenvalue weighted by molar-refractivity contribution is -0.123. The number of nitrogens with one attached hydrogen (secondary N) is 2. The van der Waals surface area contributed by atoms with Crippen molar-refractivity contribution in [3.63, 3.8) is 0 Å². The average molecular weight is 280 g/mol. The molecule has 0 aliphatic carbocycles. The van der Waals surface area contributed by atoms with Crippen molar-refractivity contribution >= 4 is 5.91 Å². The number of carbonyl (C=O) groups excluding carboxylic acids is 1. The minimum Gasteiger partial charge on any atom is -0.388 e. The molecule has 0 spiro atoms. The summed E-state index contributed by atoms with van der Waals surface area (Å²) in [5, 5.41) is 16.1. The Morgan fingerprint density at radius 3 is 2.65 bits per heavy atom. The zero-order valence-corrected chi connectivity index (χ0v) is 11.6. The summed E-state index contributed by atoms with van der Waals surface area (Å²) in [4.78, 5) is 11.7. The number of rotatable bonds is 6. The van der Waals surface area contributed by atoms with Gasteiger partial charge in [0.1, 0.15) is 5.82 Å². The minimum atomic E-state index is -0.698. The summed E-state index contributed by atoms with van der Waals surface area (Å²) in [6, 6.07) is 5.66. The summed E-state index contributed by atoms with van der Waals surface area (Å²) in [6.07, 6.45) is 0.251. The Balaban J connectivity index is 1.76. The van der Waals surface area contributed by atoms with E-state index in [1.807, 2.05) is 6.92 Å². The molecular weight excluding hydrogens is 259 g/mol. The normalized spacial score (nSPS) is 18.1. The van der Waals surface area contributed by atoms with Crippen LogP contribution in [0.1, 0.15) is 31.4 Å². The first-order valence-corrected chi connectivity index (χ1v) is 6.98. The van der Waals surface area contributed by atoms with Crippen LogP contribution in [0.3, 0.4) is 0 Å². The van der Waals surface area contributed by atoms with Gasteiger partial charge in [0.2, 0.25) is 5.91 Å². The predicted octanol–water partition coefficient (Wildman–Crippen LogP) is 1.36. The summed E-state index contributed by atoms with van der Waals surface area (Å²) >= 11 is 0. The second-order valence-electron chi connectivity index (χ2n) is 5.50. The van der Waals surface area contributed by atoms with Crippen molar-refractivity contribution in [1.82, 2.24) is 10.6 Å². The molecule has 2 unspecified atom stereocenters. The van der Waals surface area contributed by atoms with E-state index in [2.05, 4.69) is 10.6 Å². The first kappa shape index (κ1) is 14.9. The van der Waals surface area contributed by atoms with Crippen molar-refractivity contribution < 1.29 is 14.3 Å². The molecule has 20 heavy (non-hydrogen) atoms. The van der Waals surface area contributed by atoms with E-state index < -0.39 is 6.10 Å². The molecule has 3 N–H and O–H groups in total. The Bertz CT molecular complexity index is 446. The highest BCUT2D eigenvalue weighted by Crippen LogP contribution is 2.19. The van der Waals surface area contributed by atoms with Crippen LogP contribution in [0.15, 0.2) is 24.3 Å². The first-order valence-electron chi connectivity index (χ1n) is 6.98. The van der Waals surface area contributed by atoms with Gasteiger partial charge in [0.15, 0.2) is 0 Å². The van der Waals surface area contributed by atoms with Crippen molar-refractivity contribution in [3.8, 4) is 0 Å². The molecule has 1 fully saturated rings. The van der Waals surface area contributed by atoms with Gasteiger partial charge < -0.3 is 15.7 Å². The van der Waals surface area contributed by atoms with Crippen LogP contribution in [-0.4, -0.2) is 30.1 Å². The summed E-state index contributed by atoms with van der Waals surface area (Å²) in [6.45, 7) is 3.67. The largest absolute Gasteiger partial charge is 0.388 e. The Morgan fingerprint density at radius 2 is 2.10 bits per heavy atom. The summed E-state index contributed by atoms with van der Waals surface area (Å²) in [7, 11) is 0. The minimum absolute atomic E-state index is 0.0234. The molecule has 110 valence electrons. The molecule has 1 aromatic rings. The summed E-state index contributed by atoms with van der Waals surface area (Å²) in [5.74, 6) is 0.135. The van der Waals surface area contributed by atoms with Gasteiger partial charge in [-0.1, -0.05) is 12.1 Å². The molecule has 0 saturated carbocycles. The van der Waals surface area contributed by atoms with Gasteiger partial charge in [-0.25, -0.2) is 4.39 Å². The highest BCUT2D eigenvalue weighted by Gasteiger charge is 2.21. The summed E-state index contributed by atoms with van der Waals surface area (Å²) in [5.41, 5.74) is 0.663. The van der Waals surface area contributed by atoms with E-state index in [0.717, 1.165) is 13.1 Å². The zero-order valence-electron chi connectivity index (χ0n) is 11.6. The number of aliphatic hydroxyl groups excluding tert-OH is 1. The molecule has 2 rings (SSSR count). The van der Waals surface area contributed by atoms with Crippen molar-refractivity contribution in [2.45, 2.75) is 31.9 Å². The maximum atomic E-state index is 12.8. The molecule has 2 atom stereocenters. The number of halogens is 1.